The van der Waals surface area contributed by atoms with Gasteiger partial charge in [-0.15, -0.1) is 0 Å². The Kier molecular flexibility index (Phi) is 4.91. The molecule has 0 aromatic heterocycles. The van der Waals surface area contributed by atoms with Crippen LogP contribution in [-0.4, -0.2) is 18.5 Å². The Morgan fingerprint density at radius 3 is 2.15 bits per heavy atom. The van der Waals surface area contributed by atoms with Crippen molar-refractivity contribution in [2.45, 2.75) is 50.4 Å². The van der Waals surface area contributed by atoms with E-state index in [1.54, 1.807) is 86.7 Å². The van der Waals surface area contributed by atoms with Crippen molar-refractivity contribution in [1.82, 2.24) is 4.90 Å². The second kappa shape index (κ2) is 9.88. The van der Waals surface area contributed by atoms with E-state index in [1.165, 1.54) is 51.8 Å². The molecule has 20 rings (SSSR count). The predicted molar refractivity (Wildman–Crippen MR) is 261 cm³/mol. The quantitative estimate of drug-likeness (QED) is 0.149. The number of nitrogens with zero attached hydrogens (tertiary/aromatic N) is 1. The highest BCUT2D eigenvalue weighted by molar-refractivity contribution is 6.54. The zero-order valence-corrected chi connectivity index (χ0v) is 36.0. The Labute approximate surface area is 373 Å². The van der Waals surface area contributed by atoms with Crippen LogP contribution in [0.1, 0.15) is 69.7 Å². The molecule has 0 amide bonds. The van der Waals surface area contributed by atoms with Crippen molar-refractivity contribution in [2.24, 2.45) is 35.0 Å². The molecule has 11 aromatic rings. The van der Waals surface area contributed by atoms with Crippen molar-refractivity contribution in [3.05, 3.63) is 158 Å². The maximum absolute atomic E-state index is 6.90. The Bertz CT molecular complexity index is 4260. The summed E-state index contributed by atoms with van der Waals surface area (Å²) in [4.78, 5) is 2.83. The number of allylic oxidation sites excluding steroid dienone is 1. The molecular weight excluding hydrogens is 791 g/mol. The molecular formula is C62H41NO2. The minimum atomic E-state index is 0.0269. The van der Waals surface area contributed by atoms with Crippen LogP contribution in [0.5, 0.6) is 11.5 Å². The van der Waals surface area contributed by atoms with E-state index in [0.717, 1.165) is 23.6 Å². The summed E-state index contributed by atoms with van der Waals surface area (Å²) in [6.45, 7) is 2.17. The highest BCUT2D eigenvalue weighted by Crippen LogP contribution is 2.81. The Morgan fingerprint density at radius 1 is 0.631 bits per heavy atom. The van der Waals surface area contributed by atoms with E-state index >= 15 is 0 Å². The highest BCUT2D eigenvalue weighted by Gasteiger charge is 2.72. The number of hydrogen-bond acceptors (Lipinski definition) is 3. The van der Waals surface area contributed by atoms with Crippen molar-refractivity contribution in [3.8, 4) is 11.5 Å². The molecule has 9 aliphatic rings. The zero-order valence-electron chi connectivity index (χ0n) is 36.0. The molecule has 8 aliphatic carbocycles. The lowest BCUT2D eigenvalue weighted by Gasteiger charge is -2.54. The normalized spacial score (nSPS) is 30.1. The van der Waals surface area contributed by atoms with E-state index in [1.807, 2.05) is 16.7 Å². The van der Waals surface area contributed by atoms with Gasteiger partial charge in [-0.3, -0.25) is 4.90 Å². The van der Waals surface area contributed by atoms with Crippen molar-refractivity contribution in [2.75, 3.05) is 13.6 Å². The summed E-state index contributed by atoms with van der Waals surface area (Å²) in [5.74, 6) is 5.70. The van der Waals surface area contributed by atoms with Gasteiger partial charge < -0.3 is 9.47 Å². The summed E-state index contributed by atoms with van der Waals surface area (Å²) in [5, 5.41) is 25.8. The fourth-order valence-corrected chi connectivity index (χ4v) is 19.0. The van der Waals surface area contributed by atoms with Crippen LogP contribution in [0.25, 0.3) is 92.6 Å². The minimum Gasteiger partial charge on any atom is -0.485 e. The first-order valence-corrected chi connectivity index (χ1v) is 24.6. The number of rotatable bonds is 7. The second-order valence-corrected chi connectivity index (χ2v) is 22.5. The van der Waals surface area contributed by atoms with E-state index in [2.05, 4.69) is 121 Å². The summed E-state index contributed by atoms with van der Waals surface area (Å²) >= 11 is 0. The molecule has 306 valence electrons. The lowest BCUT2D eigenvalue weighted by Crippen LogP contribution is -2.47. The fourth-order valence-electron chi connectivity index (χ4n) is 19.0. The molecule has 0 N–H and O–H groups in total. The van der Waals surface area contributed by atoms with Gasteiger partial charge in [-0.05, 0) is 222 Å². The first-order chi connectivity index (χ1) is 32.1. The number of fused-ring (bicyclic) bond motifs is 1. The van der Waals surface area contributed by atoms with Crippen LogP contribution in [-0.2, 0) is 19.6 Å². The third-order valence-electron chi connectivity index (χ3n) is 20.3. The average molecular weight is 832 g/mol. The molecule has 0 radical (unpaired) electrons. The first kappa shape index (κ1) is 32.3. The largest absolute Gasteiger partial charge is 0.485 e. The van der Waals surface area contributed by atoms with Crippen LogP contribution >= 0.6 is 0 Å². The van der Waals surface area contributed by atoms with Crippen molar-refractivity contribution in [3.63, 3.8) is 0 Å². The molecule has 1 heterocycles. The Hall–Kier alpha value is -6.42. The molecule has 3 nitrogen and oxygen atoms in total. The highest BCUT2D eigenvalue weighted by atomic mass is 16.5. The van der Waals surface area contributed by atoms with Gasteiger partial charge in [-0.2, -0.15) is 0 Å². The molecule has 2 saturated carbocycles. The third kappa shape index (κ3) is 3.10. The number of ether oxygens (including phenoxy) is 2. The Balaban J connectivity index is 0.889. The van der Waals surface area contributed by atoms with Crippen LogP contribution < -0.4 is 19.9 Å². The number of benzene rings is 8. The van der Waals surface area contributed by atoms with E-state index in [9.17, 15) is 0 Å². The van der Waals surface area contributed by atoms with E-state index in [-0.39, 0.29) is 11.5 Å². The monoisotopic (exact) mass is 831 g/mol. The number of hydrogen-bond donors (Lipinski definition) is 0. The second-order valence-electron chi connectivity index (χ2n) is 22.5. The smallest absolute Gasteiger partial charge is 0.162 e. The average Bonchev–Trinajstić information content (AvgIpc) is 4.19. The van der Waals surface area contributed by atoms with E-state index in [0.29, 0.717) is 54.6 Å². The van der Waals surface area contributed by atoms with Gasteiger partial charge in [0.15, 0.2) is 11.5 Å². The van der Waals surface area contributed by atoms with Crippen LogP contribution in [0.3, 0.4) is 0 Å². The first-order valence-electron chi connectivity index (χ1n) is 24.6. The molecule has 1 spiro atoms. The molecule has 9 atom stereocenters. The van der Waals surface area contributed by atoms with Gasteiger partial charge in [0.1, 0.15) is 13.2 Å². The molecule has 65 heavy (non-hydrogen) atoms. The lowest BCUT2D eigenvalue weighted by molar-refractivity contribution is 0.102. The van der Waals surface area contributed by atoms with Crippen molar-refractivity contribution >= 4 is 92.6 Å². The van der Waals surface area contributed by atoms with Crippen LogP contribution in [0.15, 0.2) is 109 Å². The molecule has 3 heteroatoms. The van der Waals surface area contributed by atoms with Gasteiger partial charge in [-0.25, -0.2) is 0 Å². The Morgan fingerprint density at radius 2 is 1.34 bits per heavy atom. The summed E-state index contributed by atoms with van der Waals surface area (Å²) < 4.78 is 13.6. The minimum absolute atomic E-state index is 0.0269. The van der Waals surface area contributed by atoms with Crippen molar-refractivity contribution < 1.29 is 9.47 Å². The lowest BCUT2D eigenvalue weighted by atomic mass is 9.49. The summed E-state index contributed by atoms with van der Waals surface area (Å²) in [5.41, 5.74) is 16.3. The summed E-state index contributed by atoms with van der Waals surface area (Å²) in [6.07, 6.45) is 6.65. The van der Waals surface area contributed by atoms with Crippen LogP contribution in [0, 0.1) is 35.0 Å². The summed E-state index contributed by atoms with van der Waals surface area (Å²) in [6, 6.07) is 39.1. The van der Waals surface area contributed by atoms with Gasteiger partial charge in [0.25, 0.3) is 0 Å². The fraction of sp³-hybridized carbons (Fsp3) is 0.258. The topological polar surface area (TPSA) is 21.7 Å². The summed E-state index contributed by atoms with van der Waals surface area (Å²) in [7, 11) is 2.48. The van der Waals surface area contributed by atoms with Crippen LogP contribution in [0.2, 0.25) is 0 Å². The zero-order chi connectivity index (χ0) is 41.2. The molecule has 1 aliphatic heterocycles. The van der Waals surface area contributed by atoms with Gasteiger partial charge >= 0.3 is 0 Å². The van der Waals surface area contributed by atoms with Crippen molar-refractivity contribution in [1.29, 1.82) is 0 Å². The van der Waals surface area contributed by atoms with Gasteiger partial charge in [0.2, 0.25) is 0 Å². The molecule has 11 aromatic carbocycles. The van der Waals surface area contributed by atoms with E-state index < -0.39 is 0 Å². The molecule has 1 saturated heterocycles. The van der Waals surface area contributed by atoms with E-state index in [4.69, 9.17) is 9.47 Å². The standard InChI is InChI=1S/C62H41NO2/c1-63-23-37-36-20-34-18-31-16-32-15-29-14-30-17-33-19-35-22-62(37,61(63)28-12-13-38(64-24-26-8-4-2-5-9-26)39(21-28)65-25-27-10-6-3-7-11-27)60-46(35)51-45(33)50-41(30)40(29)48-44(32)49-42(31)43(34)52-47(36)59(60)58-56(51)54(50)53(48)55(49)57(52)58/h2-17,19,21,34-37,43,46-47,61H,18,20,22-25H2,1H3/t34-,35+,36-,37?,43?,46?,47?,61?,62?/m1/s1. The number of likely N-dealkylation sites (tertiary alicyclic amines) is 1. The SMILES string of the molecule is CN1CC2[C@H]3C[C@H]4Cc5cc6cc7cc8cc9c%10c%11c%12c%13c%14c%15c(c5C4C=%14C3C%13=C3C%11[C@@H](C=9)CC32C1c1ccc(OCc2ccccc2)c(OCc2ccccc2)c1)c6c1c7c8c%10c%12c%151. The molecule has 6 unspecified atom stereocenters. The van der Waals surface area contributed by atoms with Gasteiger partial charge in [0.05, 0.1) is 0 Å². The van der Waals surface area contributed by atoms with Gasteiger partial charge in [0, 0.05) is 35.8 Å². The van der Waals surface area contributed by atoms with Crippen LogP contribution in [0.4, 0.5) is 0 Å². The maximum atomic E-state index is 6.90. The molecule has 3 fully saturated rings. The third-order valence-corrected chi connectivity index (χ3v) is 20.3. The maximum Gasteiger partial charge on any atom is 0.162 e. The van der Waals surface area contributed by atoms with Gasteiger partial charge in [-0.1, -0.05) is 78.9 Å². The predicted octanol–water partition coefficient (Wildman–Crippen LogP) is 12.1. The molecule has 0 bridgehead atoms.